The van der Waals surface area contributed by atoms with Crippen LogP contribution in [0.15, 0.2) is 81.4 Å². The van der Waals surface area contributed by atoms with E-state index < -0.39 is 32.2 Å². The normalized spacial score (nSPS) is 12.3. The van der Waals surface area contributed by atoms with Crippen LogP contribution in [0, 0.1) is 18.3 Å². The Balaban J connectivity index is 1.88. The lowest BCUT2D eigenvalue weighted by Gasteiger charge is -2.24. The lowest BCUT2D eigenvalue weighted by molar-refractivity contribution is 0.0573. The standard InChI is InChI=1S/C30H30N4O5S/c1-5-26(23-9-6-8-21(16-23)17-31)34-27(18-39-19(2)3)33-29(35)28(30(34)36)40(37,38)24-13-11-22(12-14-24)25-10-7-15-32-20(25)4/h6-16,19,26,35H,5,18H2,1-4H3/t26-/m0/s1. The molecule has 0 amide bonds. The minimum atomic E-state index is -4.47. The first-order valence-corrected chi connectivity index (χ1v) is 14.3. The Bertz CT molecular complexity index is 1740. The molecule has 2 heterocycles. The fourth-order valence-electron chi connectivity index (χ4n) is 4.55. The molecular weight excluding hydrogens is 528 g/mol. The quantitative estimate of drug-likeness (QED) is 0.305. The molecule has 0 spiro atoms. The third-order valence-electron chi connectivity index (χ3n) is 6.53. The van der Waals surface area contributed by atoms with E-state index in [1.165, 1.54) is 16.7 Å². The molecule has 2 aromatic carbocycles. The van der Waals surface area contributed by atoms with Crippen molar-refractivity contribution in [2.75, 3.05) is 0 Å². The van der Waals surface area contributed by atoms with Gasteiger partial charge in [0, 0.05) is 17.5 Å². The summed E-state index contributed by atoms with van der Waals surface area (Å²) < 4.78 is 34.5. The Morgan fingerprint density at radius 2 is 1.82 bits per heavy atom. The van der Waals surface area contributed by atoms with Crippen LogP contribution in [0.3, 0.4) is 0 Å². The highest BCUT2D eigenvalue weighted by Crippen LogP contribution is 2.30. The van der Waals surface area contributed by atoms with Crippen molar-refractivity contribution in [3.05, 3.63) is 99.9 Å². The number of aryl methyl sites for hydroxylation is 1. The number of nitrogens with zero attached hydrogens (tertiary/aromatic N) is 4. The zero-order valence-corrected chi connectivity index (χ0v) is 23.5. The van der Waals surface area contributed by atoms with Crippen LogP contribution in [0.4, 0.5) is 0 Å². The van der Waals surface area contributed by atoms with E-state index in [1.807, 2.05) is 33.8 Å². The first-order chi connectivity index (χ1) is 19.1. The highest BCUT2D eigenvalue weighted by atomic mass is 32.2. The molecule has 0 saturated heterocycles. The number of hydrogen-bond acceptors (Lipinski definition) is 8. The summed E-state index contributed by atoms with van der Waals surface area (Å²) in [7, 11) is -4.47. The molecule has 206 valence electrons. The molecule has 1 N–H and O–H groups in total. The van der Waals surface area contributed by atoms with Crippen LogP contribution >= 0.6 is 0 Å². The minimum Gasteiger partial charge on any atom is -0.492 e. The summed E-state index contributed by atoms with van der Waals surface area (Å²) in [4.78, 5) is 21.4. The number of ether oxygens (including phenoxy) is 1. The molecule has 0 fully saturated rings. The molecule has 1 atom stereocenters. The average molecular weight is 559 g/mol. The fraction of sp³-hybridized carbons (Fsp3) is 0.267. The summed E-state index contributed by atoms with van der Waals surface area (Å²) in [6.07, 6.45) is 1.85. The summed E-state index contributed by atoms with van der Waals surface area (Å²) >= 11 is 0. The highest BCUT2D eigenvalue weighted by Gasteiger charge is 2.32. The second-order valence-corrected chi connectivity index (χ2v) is 11.4. The Morgan fingerprint density at radius 1 is 1.10 bits per heavy atom. The number of sulfone groups is 1. The minimum absolute atomic E-state index is 0.0757. The third-order valence-corrected chi connectivity index (χ3v) is 8.31. The highest BCUT2D eigenvalue weighted by molar-refractivity contribution is 7.91. The number of nitriles is 1. The summed E-state index contributed by atoms with van der Waals surface area (Å²) in [6.45, 7) is 7.18. The number of pyridine rings is 1. The Labute approximate surface area is 233 Å². The number of aromatic hydroxyl groups is 1. The van der Waals surface area contributed by atoms with E-state index in [2.05, 4.69) is 16.0 Å². The molecule has 0 radical (unpaired) electrons. The van der Waals surface area contributed by atoms with Gasteiger partial charge in [0.1, 0.15) is 12.4 Å². The molecule has 2 aromatic heterocycles. The molecule has 0 aliphatic carbocycles. The maximum Gasteiger partial charge on any atom is 0.277 e. The zero-order valence-electron chi connectivity index (χ0n) is 22.7. The smallest absolute Gasteiger partial charge is 0.277 e. The largest absolute Gasteiger partial charge is 0.492 e. The first-order valence-electron chi connectivity index (χ1n) is 12.8. The van der Waals surface area contributed by atoms with Gasteiger partial charge in [0.15, 0.2) is 4.90 Å². The molecular formula is C30H30N4O5S. The van der Waals surface area contributed by atoms with Crippen LogP contribution in [0.2, 0.25) is 0 Å². The van der Waals surface area contributed by atoms with E-state index in [9.17, 15) is 23.6 Å². The van der Waals surface area contributed by atoms with E-state index >= 15 is 0 Å². The van der Waals surface area contributed by atoms with E-state index in [-0.39, 0.29) is 23.4 Å². The van der Waals surface area contributed by atoms with Crippen molar-refractivity contribution in [1.29, 1.82) is 5.26 Å². The van der Waals surface area contributed by atoms with E-state index in [1.54, 1.807) is 48.7 Å². The van der Waals surface area contributed by atoms with Gasteiger partial charge in [0.25, 0.3) is 5.56 Å². The van der Waals surface area contributed by atoms with Crippen molar-refractivity contribution >= 4 is 9.84 Å². The Kier molecular flexibility index (Phi) is 8.47. The van der Waals surface area contributed by atoms with Crippen LogP contribution in [-0.2, 0) is 21.2 Å². The van der Waals surface area contributed by atoms with Crippen molar-refractivity contribution in [3.8, 4) is 23.1 Å². The Hall–Kier alpha value is -4.33. The zero-order chi connectivity index (χ0) is 29.0. The number of aromatic nitrogens is 3. The van der Waals surface area contributed by atoms with Gasteiger partial charge in [-0.15, -0.1) is 0 Å². The van der Waals surface area contributed by atoms with Gasteiger partial charge < -0.3 is 9.84 Å². The molecule has 10 heteroatoms. The lowest BCUT2D eigenvalue weighted by atomic mass is 10.0. The van der Waals surface area contributed by atoms with Gasteiger partial charge in [-0.05, 0) is 68.7 Å². The molecule has 4 aromatic rings. The second kappa shape index (κ2) is 11.8. The van der Waals surface area contributed by atoms with E-state index in [4.69, 9.17) is 4.74 Å². The molecule has 4 rings (SSSR count). The van der Waals surface area contributed by atoms with Crippen LogP contribution in [0.1, 0.15) is 55.9 Å². The number of rotatable bonds is 9. The Morgan fingerprint density at radius 3 is 2.45 bits per heavy atom. The van der Waals surface area contributed by atoms with Gasteiger partial charge in [-0.25, -0.2) is 8.42 Å². The summed E-state index contributed by atoms with van der Waals surface area (Å²) in [6, 6.07) is 17.9. The topological polar surface area (TPSA) is 135 Å². The van der Waals surface area contributed by atoms with Gasteiger partial charge in [-0.3, -0.25) is 14.3 Å². The van der Waals surface area contributed by atoms with Gasteiger partial charge >= 0.3 is 0 Å². The molecule has 0 unspecified atom stereocenters. The maximum atomic E-state index is 14.0. The predicted octanol–water partition coefficient (Wildman–Crippen LogP) is 4.95. The van der Waals surface area contributed by atoms with Crippen molar-refractivity contribution in [3.63, 3.8) is 0 Å². The monoisotopic (exact) mass is 558 g/mol. The molecule has 0 bridgehead atoms. The third kappa shape index (κ3) is 5.66. The van der Waals surface area contributed by atoms with Gasteiger partial charge in [-0.2, -0.15) is 10.2 Å². The van der Waals surface area contributed by atoms with Crippen LogP contribution in [0.25, 0.3) is 11.1 Å². The molecule has 0 aliphatic rings. The molecule has 40 heavy (non-hydrogen) atoms. The predicted molar refractivity (Wildman–Crippen MR) is 150 cm³/mol. The molecule has 0 saturated carbocycles. The van der Waals surface area contributed by atoms with Gasteiger partial charge in [0.2, 0.25) is 15.7 Å². The van der Waals surface area contributed by atoms with Crippen LogP contribution in [0.5, 0.6) is 5.88 Å². The molecule has 0 aliphatic heterocycles. The van der Waals surface area contributed by atoms with Crippen LogP contribution < -0.4 is 5.56 Å². The van der Waals surface area contributed by atoms with Crippen molar-refractivity contribution in [2.24, 2.45) is 0 Å². The molecule has 9 nitrogen and oxygen atoms in total. The van der Waals surface area contributed by atoms with E-state index in [0.29, 0.717) is 17.5 Å². The number of benzene rings is 2. The SMILES string of the molecule is CC[C@@H](c1cccc(C#N)c1)n1c(COC(C)C)nc(O)c(S(=O)(=O)c2ccc(-c3cccnc3C)cc2)c1=O. The first kappa shape index (κ1) is 28.7. The summed E-state index contributed by atoms with van der Waals surface area (Å²) in [5.41, 5.74) is 2.49. The van der Waals surface area contributed by atoms with E-state index in [0.717, 1.165) is 16.8 Å². The van der Waals surface area contributed by atoms with Crippen LogP contribution in [-0.4, -0.2) is 34.2 Å². The maximum absolute atomic E-state index is 14.0. The number of hydrogen-bond donors (Lipinski definition) is 1. The average Bonchev–Trinajstić information content (AvgIpc) is 2.94. The van der Waals surface area contributed by atoms with Gasteiger partial charge in [-0.1, -0.05) is 37.3 Å². The second-order valence-electron chi connectivity index (χ2n) is 9.54. The summed E-state index contributed by atoms with van der Waals surface area (Å²) in [5.74, 6) is -0.817. The van der Waals surface area contributed by atoms with Gasteiger partial charge in [0.05, 0.1) is 28.7 Å². The van der Waals surface area contributed by atoms with Crippen molar-refractivity contribution < 1.29 is 18.3 Å². The lowest BCUT2D eigenvalue weighted by Crippen LogP contribution is -2.34. The fourth-order valence-corrected chi connectivity index (χ4v) is 5.90. The summed E-state index contributed by atoms with van der Waals surface area (Å²) in [5, 5.41) is 20.2. The van der Waals surface area contributed by atoms with Crippen molar-refractivity contribution in [1.82, 2.24) is 14.5 Å². The van der Waals surface area contributed by atoms with Crippen molar-refractivity contribution in [2.45, 2.75) is 62.7 Å².